The van der Waals surface area contributed by atoms with Gasteiger partial charge in [0.05, 0.1) is 0 Å². The van der Waals surface area contributed by atoms with Gasteiger partial charge in [0.1, 0.15) is 0 Å². The van der Waals surface area contributed by atoms with Gasteiger partial charge in [-0.1, -0.05) is 43.0 Å². The van der Waals surface area contributed by atoms with E-state index in [1.807, 2.05) is 24.3 Å². The molecule has 1 saturated heterocycles. The lowest BCUT2D eigenvalue weighted by molar-refractivity contribution is -0.134. The van der Waals surface area contributed by atoms with Crippen molar-refractivity contribution in [1.29, 1.82) is 0 Å². The fourth-order valence-electron chi connectivity index (χ4n) is 4.80. The van der Waals surface area contributed by atoms with Crippen LogP contribution in [0.3, 0.4) is 0 Å². The third-order valence-electron chi connectivity index (χ3n) is 6.42. The first kappa shape index (κ1) is 22.4. The number of benzene rings is 1. The number of amides is 1. The largest absolute Gasteiger partial charge is 0.339 e. The molecule has 1 aromatic carbocycles. The molecule has 2 aliphatic rings. The molecule has 2 heterocycles. The standard InChI is InChI=1S/C23H26Cl2N2O.ClH/c1-15-4-2-3-5-22(15)27-11-8-17(23(27)28)12-19-20(24)13-18(14-21(19)25)16-6-9-26-10-7-16;/h6-7,9-10,13-15,17,22H,2-5,8,11-12H2,1H3;1H/t15-,17?,22+;/m1./s1. The summed E-state index contributed by atoms with van der Waals surface area (Å²) in [5.41, 5.74) is 2.88. The van der Waals surface area contributed by atoms with E-state index in [4.69, 9.17) is 23.2 Å². The van der Waals surface area contributed by atoms with Crippen molar-refractivity contribution >= 4 is 41.5 Å². The molecule has 0 spiro atoms. The lowest BCUT2D eigenvalue weighted by atomic mass is 9.85. The minimum absolute atomic E-state index is 0. The molecule has 2 fully saturated rings. The fourth-order valence-corrected chi connectivity index (χ4v) is 5.44. The Morgan fingerprint density at radius 3 is 2.34 bits per heavy atom. The van der Waals surface area contributed by atoms with Crippen LogP contribution in [0.25, 0.3) is 11.1 Å². The third-order valence-corrected chi connectivity index (χ3v) is 7.10. The van der Waals surface area contributed by atoms with Gasteiger partial charge in [0, 0.05) is 40.9 Å². The summed E-state index contributed by atoms with van der Waals surface area (Å²) in [6, 6.07) is 8.17. The molecule has 3 nitrogen and oxygen atoms in total. The first-order valence-corrected chi connectivity index (χ1v) is 11.0. The molecule has 1 unspecified atom stereocenters. The van der Waals surface area contributed by atoms with E-state index in [0.717, 1.165) is 36.1 Å². The number of nitrogens with zero attached hydrogens (tertiary/aromatic N) is 2. The van der Waals surface area contributed by atoms with Crippen molar-refractivity contribution in [2.45, 2.75) is 51.5 Å². The normalized spacial score (nSPS) is 24.4. The minimum Gasteiger partial charge on any atom is -0.339 e. The van der Waals surface area contributed by atoms with Crippen LogP contribution in [-0.2, 0) is 11.2 Å². The molecule has 0 N–H and O–H groups in total. The summed E-state index contributed by atoms with van der Waals surface area (Å²) >= 11 is 13.2. The maximum Gasteiger partial charge on any atom is 0.226 e. The van der Waals surface area contributed by atoms with E-state index in [9.17, 15) is 4.79 Å². The van der Waals surface area contributed by atoms with Gasteiger partial charge in [-0.15, -0.1) is 12.4 Å². The van der Waals surface area contributed by atoms with Crippen LogP contribution in [0.4, 0.5) is 0 Å². The summed E-state index contributed by atoms with van der Waals surface area (Å²) in [5.74, 6) is 0.864. The first-order valence-electron chi connectivity index (χ1n) is 10.2. The molecule has 156 valence electrons. The zero-order chi connectivity index (χ0) is 19.7. The number of hydrogen-bond donors (Lipinski definition) is 0. The number of carbonyl (C=O) groups is 1. The van der Waals surface area contributed by atoms with Gasteiger partial charge in [0.2, 0.25) is 5.91 Å². The number of rotatable bonds is 4. The highest BCUT2D eigenvalue weighted by Crippen LogP contribution is 2.37. The molecule has 1 aliphatic carbocycles. The van der Waals surface area contributed by atoms with Crippen molar-refractivity contribution in [1.82, 2.24) is 9.88 Å². The monoisotopic (exact) mass is 452 g/mol. The molecule has 29 heavy (non-hydrogen) atoms. The highest BCUT2D eigenvalue weighted by Gasteiger charge is 2.38. The highest BCUT2D eigenvalue weighted by molar-refractivity contribution is 6.36. The van der Waals surface area contributed by atoms with Crippen LogP contribution in [0.1, 0.15) is 44.6 Å². The molecular formula is C23H27Cl3N2O. The molecule has 2 aromatic rings. The number of hydrogen-bond acceptors (Lipinski definition) is 2. The zero-order valence-corrected chi connectivity index (χ0v) is 18.9. The number of pyridine rings is 1. The van der Waals surface area contributed by atoms with E-state index in [2.05, 4.69) is 16.8 Å². The summed E-state index contributed by atoms with van der Waals surface area (Å²) in [6.45, 7) is 3.15. The lowest BCUT2D eigenvalue weighted by Gasteiger charge is -2.36. The summed E-state index contributed by atoms with van der Waals surface area (Å²) in [4.78, 5) is 19.3. The minimum atomic E-state index is -0.0177. The van der Waals surface area contributed by atoms with E-state index in [0.29, 0.717) is 28.4 Å². The highest BCUT2D eigenvalue weighted by atomic mass is 35.5. The molecule has 1 aromatic heterocycles. The fraction of sp³-hybridized carbons (Fsp3) is 0.478. The average molecular weight is 454 g/mol. The van der Waals surface area contributed by atoms with Gasteiger partial charge in [-0.2, -0.15) is 0 Å². The average Bonchev–Trinajstić information content (AvgIpc) is 3.06. The second-order valence-electron chi connectivity index (χ2n) is 8.20. The summed E-state index contributed by atoms with van der Waals surface area (Å²) < 4.78 is 0. The number of aromatic nitrogens is 1. The van der Waals surface area contributed by atoms with Crippen molar-refractivity contribution in [3.63, 3.8) is 0 Å². The second-order valence-corrected chi connectivity index (χ2v) is 9.02. The van der Waals surface area contributed by atoms with Gasteiger partial charge < -0.3 is 4.90 Å². The van der Waals surface area contributed by atoms with Gasteiger partial charge in [0.25, 0.3) is 0 Å². The predicted molar refractivity (Wildman–Crippen MR) is 122 cm³/mol. The number of halogens is 3. The Bertz CT molecular complexity index is 835. The summed E-state index contributed by atoms with van der Waals surface area (Å²) in [6.07, 6.45) is 9.91. The predicted octanol–water partition coefficient (Wildman–Crippen LogP) is 6.45. The molecule has 6 heteroatoms. The van der Waals surface area contributed by atoms with Gasteiger partial charge in [-0.3, -0.25) is 9.78 Å². The second kappa shape index (κ2) is 9.68. The molecule has 0 radical (unpaired) electrons. The maximum absolute atomic E-state index is 13.1. The molecular weight excluding hydrogens is 427 g/mol. The maximum atomic E-state index is 13.1. The van der Waals surface area contributed by atoms with Crippen molar-refractivity contribution in [3.05, 3.63) is 52.3 Å². The van der Waals surface area contributed by atoms with Crippen LogP contribution >= 0.6 is 35.6 Å². The van der Waals surface area contributed by atoms with E-state index in [-0.39, 0.29) is 24.2 Å². The Morgan fingerprint density at radius 1 is 1.03 bits per heavy atom. The van der Waals surface area contributed by atoms with Gasteiger partial charge in [0.15, 0.2) is 0 Å². The van der Waals surface area contributed by atoms with Crippen LogP contribution in [0.15, 0.2) is 36.7 Å². The molecule has 3 atom stereocenters. The van der Waals surface area contributed by atoms with Crippen LogP contribution in [0, 0.1) is 11.8 Å². The molecule has 0 bridgehead atoms. The smallest absolute Gasteiger partial charge is 0.226 e. The quantitative estimate of drug-likeness (QED) is 0.533. The number of carbonyl (C=O) groups excluding carboxylic acids is 1. The van der Waals surface area contributed by atoms with Crippen molar-refractivity contribution < 1.29 is 4.79 Å². The topological polar surface area (TPSA) is 33.2 Å². The number of likely N-dealkylation sites (tertiary alicyclic amines) is 1. The van der Waals surface area contributed by atoms with Crippen LogP contribution in [0.5, 0.6) is 0 Å². The molecule has 1 saturated carbocycles. The van der Waals surface area contributed by atoms with E-state index >= 15 is 0 Å². The third kappa shape index (κ3) is 4.73. The Balaban J connectivity index is 0.00000240. The Kier molecular flexibility index (Phi) is 7.47. The van der Waals surface area contributed by atoms with Crippen LogP contribution in [-0.4, -0.2) is 28.4 Å². The van der Waals surface area contributed by atoms with Crippen LogP contribution < -0.4 is 0 Å². The summed E-state index contributed by atoms with van der Waals surface area (Å²) in [5, 5.41) is 1.27. The molecule has 4 rings (SSSR count). The van der Waals surface area contributed by atoms with E-state index in [1.165, 1.54) is 19.3 Å². The Morgan fingerprint density at radius 2 is 1.69 bits per heavy atom. The van der Waals surface area contributed by atoms with Crippen molar-refractivity contribution in [2.75, 3.05) is 6.54 Å². The van der Waals surface area contributed by atoms with Crippen molar-refractivity contribution in [3.8, 4) is 11.1 Å². The van der Waals surface area contributed by atoms with E-state index in [1.54, 1.807) is 12.4 Å². The zero-order valence-electron chi connectivity index (χ0n) is 16.6. The van der Waals surface area contributed by atoms with E-state index < -0.39 is 0 Å². The van der Waals surface area contributed by atoms with Crippen molar-refractivity contribution in [2.24, 2.45) is 11.8 Å². The summed E-state index contributed by atoms with van der Waals surface area (Å²) in [7, 11) is 0. The van der Waals surface area contributed by atoms with Crippen LogP contribution in [0.2, 0.25) is 10.0 Å². The first-order chi connectivity index (χ1) is 13.5. The van der Waals surface area contributed by atoms with Gasteiger partial charge >= 0.3 is 0 Å². The molecule has 1 amide bonds. The Hall–Kier alpha value is -1.29. The van der Waals surface area contributed by atoms with Gasteiger partial charge in [-0.05, 0) is 72.6 Å². The molecule has 1 aliphatic heterocycles. The van der Waals surface area contributed by atoms with Gasteiger partial charge in [-0.25, -0.2) is 0 Å². The lowest BCUT2D eigenvalue weighted by Crippen LogP contribution is -2.43. The Labute approximate surface area is 189 Å². The SMILES string of the molecule is C[C@@H]1CCCC[C@@H]1N1CCC(Cc2c(Cl)cc(-c3ccncc3)cc2Cl)C1=O.Cl.